The molecule has 1 aromatic heterocycles. The predicted molar refractivity (Wildman–Crippen MR) is 77.3 cm³/mol. The molecule has 112 valence electrons. The average Bonchev–Trinajstić information content (AvgIpc) is 2.89. The molecule has 1 unspecified atom stereocenters. The van der Waals surface area contributed by atoms with E-state index in [1.165, 1.54) is 12.5 Å². The summed E-state index contributed by atoms with van der Waals surface area (Å²) in [6.07, 6.45) is 3.12. The summed E-state index contributed by atoms with van der Waals surface area (Å²) < 4.78 is 4.83. The van der Waals surface area contributed by atoms with Crippen LogP contribution >= 0.6 is 0 Å². The highest BCUT2D eigenvalue weighted by Gasteiger charge is 2.26. The van der Waals surface area contributed by atoms with Crippen LogP contribution in [0.4, 0.5) is 0 Å². The molecule has 0 aliphatic heterocycles. The maximum Gasteiger partial charge on any atom is 0.254 e. The fraction of sp³-hybridized carbons (Fsp3) is 0.600. The van der Waals surface area contributed by atoms with E-state index in [-0.39, 0.29) is 23.3 Å². The molecular formula is C15H24N2O3. The molecule has 0 spiro atoms. The summed E-state index contributed by atoms with van der Waals surface area (Å²) in [5, 5.41) is 2.70. The van der Waals surface area contributed by atoms with Crippen molar-refractivity contribution in [1.82, 2.24) is 10.2 Å². The minimum atomic E-state index is -0.224. The second-order valence-corrected chi connectivity index (χ2v) is 6.06. The Balaban J connectivity index is 2.38. The van der Waals surface area contributed by atoms with Crippen molar-refractivity contribution in [2.75, 3.05) is 13.6 Å². The maximum atomic E-state index is 12.1. The Hall–Kier alpha value is -1.78. The zero-order chi connectivity index (χ0) is 15.3. The first-order valence-corrected chi connectivity index (χ1v) is 6.79. The van der Waals surface area contributed by atoms with Crippen LogP contribution in [0.5, 0.6) is 0 Å². The normalized spacial score (nSPS) is 12.8. The molecule has 0 bridgehead atoms. The summed E-state index contributed by atoms with van der Waals surface area (Å²) in [5.74, 6) is -0.196. The van der Waals surface area contributed by atoms with E-state index in [0.29, 0.717) is 18.5 Å². The number of carbonyl (C=O) groups excluding carboxylic acids is 2. The third-order valence-electron chi connectivity index (χ3n) is 3.64. The van der Waals surface area contributed by atoms with Gasteiger partial charge in [0, 0.05) is 26.1 Å². The van der Waals surface area contributed by atoms with Crippen molar-refractivity contribution in [3.63, 3.8) is 0 Å². The van der Waals surface area contributed by atoms with Crippen LogP contribution in [0.25, 0.3) is 0 Å². The molecule has 1 N–H and O–H groups in total. The molecule has 0 aliphatic carbocycles. The lowest BCUT2D eigenvalue weighted by Crippen LogP contribution is -2.43. The zero-order valence-corrected chi connectivity index (χ0v) is 12.9. The van der Waals surface area contributed by atoms with Crippen molar-refractivity contribution < 1.29 is 14.0 Å². The number of hydrogen-bond acceptors (Lipinski definition) is 3. The summed E-state index contributed by atoms with van der Waals surface area (Å²) >= 11 is 0. The van der Waals surface area contributed by atoms with Gasteiger partial charge >= 0.3 is 0 Å². The van der Waals surface area contributed by atoms with Crippen LogP contribution in [0.3, 0.4) is 0 Å². The van der Waals surface area contributed by atoms with E-state index in [1.54, 1.807) is 18.0 Å². The summed E-state index contributed by atoms with van der Waals surface area (Å²) in [4.78, 5) is 25.4. The molecule has 0 saturated heterocycles. The van der Waals surface area contributed by atoms with Crippen molar-refractivity contribution >= 4 is 11.8 Å². The van der Waals surface area contributed by atoms with E-state index in [1.807, 2.05) is 6.92 Å². The van der Waals surface area contributed by atoms with E-state index in [9.17, 15) is 9.59 Å². The van der Waals surface area contributed by atoms with Crippen molar-refractivity contribution in [3.8, 4) is 0 Å². The SMILES string of the molecule is CC(N(C)C(=O)CCNC(=O)c1ccoc1)C(C)(C)C. The molecule has 1 heterocycles. The molecule has 5 heteroatoms. The molecule has 0 radical (unpaired) electrons. The van der Waals surface area contributed by atoms with Crippen molar-refractivity contribution in [1.29, 1.82) is 0 Å². The van der Waals surface area contributed by atoms with Gasteiger partial charge in [0.15, 0.2) is 0 Å². The Morgan fingerprint density at radius 3 is 2.55 bits per heavy atom. The van der Waals surface area contributed by atoms with Crippen LogP contribution in [-0.2, 0) is 4.79 Å². The smallest absolute Gasteiger partial charge is 0.254 e. The Morgan fingerprint density at radius 1 is 1.40 bits per heavy atom. The lowest BCUT2D eigenvalue weighted by molar-refractivity contribution is -0.133. The lowest BCUT2D eigenvalue weighted by atomic mass is 9.87. The number of rotatable bonds is 5. The number of nitrogens with one attached hydrogen (secondary N) is 1. The van der Waals surface area contributed by atoms with Gasteiger partial charge in [-0.05, 0) is 18.4 Å². The first-order valence-electron chi connectivity index (χ1n) is 6.79. The second-order valence-electron chi connectivity index (χ2n) is 6.06. The summed E-state index contributed by atoms with van der Waals surface area (Å²) in [6, 6.07) is 1.73. The van der Waals surface area contributed by atoms with Crippen molar-refractivity contribution in [2.45, 2.75) is 40.2 Å². The maximum absolute atomic E-state index is 12.1. The molecule has 0 aromatic carbocycles. The standard InChI is InChI=1S/C15H24N2O3/c1-11(15(2,3)4)17(5)13(18)6-8-16-14(19)12-7-9-20-10-12/h7,9-11H,6,8H2,1-5H3,(H,16,19). The summed E-state index contributed by atoms with van der Waals surface area (Å²) in [5.41, 5.74) is 0.499. The first kappa shape index (κ1) is 16.3. The van der Waals surface area contributed by atoms with Crippen LogP contribution in [0.1, 0.15) is 44.5 Å². The third-order valence-corrected chi connectivity index (χ3v) is 3.64. The van der Waals surface area contributed by atoms with Gasteiger partial charge in [-0.15, -0.1) is 0 Å². The van der Waals surface area contributed by atoms with Gasteiger partial charge in [-0.25, -0.2) is 0 Å². The van der Waals surface area contributed by atoms with E-state index >= 15 is 0 Å². The van der Waals surface area contributed by atoms with Crippen molar-refractivity contribution in [3.05, 3.63) is 24.2 Å². The van der Waals surface area contributed by atoms with Crippen LogP contribution in [0, 0.1) is 5.41 Å². The summed E-state index contributed by atoms with van der Waals surface area (Å²) in [6.45, 7) is 8.65. The van der Waals surface area contributed by atoms with E-state index in [2.05, 4.69) is 26.1 Å². The molecular weight excluding hydrogens is 256 g/mol. The minimum absolute atomic E-state index is 0.0277. The van der Waals surface area contributed by atoms with Crippen LogP contribution in [0.15, 0.2) is 23.0 Å². The highest BCUT2D eigenvalue weighted by molar-refractivity contribution is 5.94. The van der Waals surface area contributed by atoms with Crippen LogP contribution < -0.4 is 5.32 Å². The molecule has 5 nitrogen and oxygen atoms in total. The Kier molecular flexibility index (Phi) is 5.36. The number of nitrogens with zero attached hydrogens (tertiary/aromatic N) is 1. The Bertz CT molecular complexity index is 446. The van der Waals surface area contributed by atoms with Gasteiger partial charge in [-0.3, -0.25) is 9.59 Å². The predicted octanol–water partition coefficient (Wildman–Crippen LogP) is 2.29. The van der Waals surface area contributed by atoms with Gasteiger partial charge in [0.25, 0.3) is 5.91 Å². The molecule has 0 fully saturated rings. The van der Waals surface area contributed by atoms with E-state index < -0.39 is 0 Å². The highest BCUT2D eigenvalue weighted by Crippen LogP contribution is 2.23. The lowest BCUT2D eigenvalue weighted by Gasteiger charge is -2.35. The average molecular weight is 280 g/mol. The van der Waals surface area contributed by atoms with E-state index in [4.69, 9.17) is 4.42 Å². The van der Waals surface area contributed by atoms with Crippen LogP contribution in [-0.4, -0.2) is 36.3 Å². The minimum Gasteiger partial charge on any atom is -0.472 e. The highest BCUT2D eigenvalue weighted by atomic mass is 16.3. The molecule has 20 heavy (non-hydrogen) atoms. The molecule has 1 aromatic rings. The number of hydrogen-bond donors (Lipinski definition) is 1. The molecule has 1 atom stereocenters. The van der Waals surface area contributed by atoms with Gasteiger partial charge in [-0.1, -0.05) is 20.8 Å². The second kappa shape index (κ2) is 6.59. The fourth-order valence-electron chi connectivity index (χ4n) is 1.75. The van der Waals surface area contributed by atoms with Gasteiger partial charge < -0.3 is 14.6 Å². The number of carbonyl (C=O) groups is 2. The fourth-order valence-corrected chi connectivity index (χ4v) is 1.75. The van der Waals surface area contributed by atoms with E-state index in [0.717, 1.165) is 0 Å². The molecule has 0 saturated carbocycles. The van der Waals surface area contributed by atoms with Gasteiger partial charge in [0.1, 0.15) is 6.26 Å². The quantitative estimate of drug-likeness (QED) is 0.900. The number of furan rings is 1. The largest absolute Gasteiger partial charge is 0.472 e. The topological polar surface area (TPSA) is 62.6 Å². The van der Waals surface area contributed by atoms with Gasteiger partial charge in [-0.2, -0.15) is 0 Å². The summed E-state index contributed by atoms with van der Waals surface area (Å²) in [7, 11) is 1.80. The monoisotopic (exact) mass is 280 g/mol. The third kappa shape index (κ3) is 4.40. The molecule has 2 amide bonds. The van der Waals surface area contributed by atoms with Gasteiger partial charge in [0.05, 0.1) is 11.8 Å². The first-order chi connectivity index (χ1) is 9.23. The van der Waals surface area contributed by atoms with Gasteiger partial charge in [0.2, 0.25) is 5.91 Å². The number of amides is 2. The Morgan fingerprint density at radius 2 is 2.05 bits per heavy atom. The Labute approximate surface area is 120 Å². The van der Waals surface area contributed by atoms with Crippen LogP contribution in [0.2, 0.25) is 0 Å². The van der Waals surface area contributed by atoms with Crippen molar-refractivity contribution in [2.24, 2.45) is 5.41 Å². The molecule has 1 rings (SSSR count). The molecule has 0 aliphatic rings. The zero-order valence-electron chi connectivity index (χ0n) is 12.9.